The van der Waals surface area contributed by atoms with Crippen molar-refractivity contribution < 1.29 is 9.25 Å². The van der Waals surface area contributed by atoms with E-state index in [9.17, 15) is 4.79 Å². The molecule has 4 nitrogen and oxygen atoms in total. The number of oxime groups is 1. The maximum atomic E-state index is 12.2. The molecule has 0 bridgehead atoms. The van der Waals surface area contributed by atoms with Crippen molar-refractivity contribution >= 4 is 28.3 Å². The highest BCUT2D eigenvalue weighted by Crippen LogP contribution is 2.33. The number of benzene rings is 2. The zero-order valence-corrected chi connectivity index (χ0v) is 12.8. The Labute approximate surface area is 136 Å². The van der Waals surface area contributed by atoms with E-state index in [1.165, 1.54) is 0 Å². The van der Waals surface area contributed by atoms with E-state index in [0.29, 0.717) is 28.3 Å². The molecule has 0 saturated heterocycles. The summed E-state index contributed by atoms with van der Waals surface area (Å²) < 4.78 is 5.35. The Morgan fingerprint density at radius 3 is 2.74 bits per heavy atom. The van der Waals surface area contributed by atoms with Gasteiger partial charge in [0, 0.05) is 22.4 Å². The number of halogens is 1. The van der Waals surface area contributed by atoms with Gasteiger partial charge in [-0.3, -0.25) is 0 Å². The third kappa shape index (κ3) is 2.51. The monoisotopic (exact) mass is 325 g/mol. The molecule has 0 saturated carbocycles. The maximum Gasteiger partial charge on any atom is 0.345 e. The van der Waals surface area contributed by atoms with Gasteiger partial charge in [0.2, 0.25) is 0 Å². The van der Waals surface area contributed by atoms with Crippen molar-refractivity contribution in [3.8, 4) is 0 Å². The van der Waals surface area contributed by atoms with E-state index >= 15 is 0 Å². The smallest absolute Gasteiger partial charge is 0.345 e. The quantitative estimate of drug-likeness (QED) is 0.660. The average Bonchev–Trinajstić information content (AvgIpc) is 3.04. The van der Waals surface area contributed by atoms with Gasteiger partial charge >= 0.3 is 5.63 Å². The highest BCUT2D eigenvalue weighted by Gasteiger charge is 2.27. The van der Waals surface area contributed by atoms with E-state index in [1.54, 1.807) is 12.1 Å². The predicted octanol–water partition coefficient (Wildman–Crippen LogP) is 4.31. The van der Waals surface area contributed by atoms with Crippen LogP contribution in [-0.4, -0.2) is 5.71 Å². The molecular formula is C18H12ClNO3. The van der Waals surface area contributed by atoms with Crippen LogP contribution in [0.2, 0.25) is 5.02 Å². The van der Waals surface area contributed by atoms with E-state index in [0.717, 1.165) is 10.9 Å². The second-order valence-electron chi connectivity index (χ2n) is 5.34. The summed E-state index contributed by atoms with van der Waals surface area (Å²) in [6.45, 7) is 0. The molecule has 1 atom stereocenters. The Morgan fingerprint density at radius 1 is 1.09 bits per heavy atom. The summed E-state index contributed by atoms with van der Waals surface area (Å²) in [5.74, 6) is 0. The van der Waals surface area contributed by atoms with Crippen molar-refractivity contribution in [1.82, 2.24) is 0 Å². The lowest BCUT2D eigenvalue weighted by Gasteiger charge is -2.09. The Balaban J connectivity index is 1.69. The average molecular weight is 326 g/mol. The fourth-order valence-electron chi connectivity index (χ4n) is 2.70. The summed E-state index contributed by atoms with van der Waals surface area (Å²) in [4.78, 5) is 17.7. The minimum absolute atomic E-state index is 0.287. The number of para-hydroxylation sites is 1. The van der Waals surface area contributed by atoms with Gasteiger partial charge in [-0.1, -0.05) is 53.2 Å². The molecule has 0 spiro atoms. The molecule has 1 aliphatic heterocycles. The van der Waals surface area contributed by atoms with E-state index in [2.05, 4.69) is 5.16 Å². The maximum absolute atomic E-state index is 12.2. The third-order valence-corrected chi connectivity index (χ3v) is 4.22. The molecule has 2 heterocycles. The minimum Gasteiger partial charge on any atom is -0.422 e. The van der Waals surface area contributed by atoms with E-state index in [1.807, 2.05) is 42.5 Å². The van der Waals surface area contributed by atoms with Gasteiger partial charge in [0.15, 0.2) is 6.10 Å². The van der Waals surface area contributed by atoms with Crippen LogP contribution in [0.25, 0.3) is 11.0 Å². The van der Waals surface area contributed by atoms with Crippen molar-refractivity contribution in [2.75, 3.05) is 0 Å². The molecule has 0 unspecified atom stereocenters. The number of nitrogens with zero attached hydrogens (tertiary/aromatic N) is 1. The molecule has 0 amide bonds. The summed E-state index contributed by atoms with van der Waals surface area (Å²) in [5.41, 5.74) is 2.01. The van der Waals surface area contributed by atoms with Crippen molar-refractivity contribution in [3.63, 3.8) is 0 Å². The minimum atomic E-state index is -0.411. The van der Waals surface area contributed by atoms with Crippen molar-refractivity contribution in [2.24, 2.45) is 5.16 Å². The summed E-state index contributed by atoms with van der Waals surface area (Å²) >= 11 is 6.20. The topological polar surface area (TPSA) is 51.8 Å². The van der Waals surface area contributed by atoms with Gasteiger partial charge in [0.1, 0.15) is 5.58 Å². The van der Waals surface area contributed by atoms with Gasteiger partial charge in [0.25, 0.3) is 0 Å². The third-order valence-electron chi connectivity index (χ3n) is 3.87. The summed E-state index contributed by atoms with van der Waals surface area (Å²) in [6.07, 6.45) is 0.192. The first-order valence-electron chi connectivity index (χ1n) is 7.23. The van der Waals surface area contributed by atoms with Crippen LogP contribution in [0.5, 0.6) is 0 Å². The van der Waals surface area contributed by atoms with E-state index in [4.69, 9.17) is 20.9 Å². The van der Waals surface area contributed by atoms with Crippen LogP contribution < -0.4 is 5.63 Å². The lowest BCUT2D eigenvalue weighted by atomic mass is 10.0. The van der Waals surface area contributed by atoms with Gasteiger partial charge < -0.3 is 9.25 Å². The highest BCUT2D eigenvalue weighted by atomic mass is 35.5. The van der Waals surface area contributed by atoms with Crippen LogP contribution in [0.4, 0.5) is 0 Å². The van der Waals surface area contributed by atoms with Crippen LogP contribution >= 0.6 is 11.6 Å². The van der Waals surface area contributed by atoms with Gasteiger partial charge in [0.05, 0.1) is 11.3 Å². The molecule has 4 rings (SSSR count). The van der Waals surface area contributed by atoms with Crippen LogP contribution in [0.15, 0.2) is 69.0 Å². The highest BCUT2D eigenvalue weighted by molar-refractivity contribution is 6.31. The number of hydrogen-bond donors (Lipinski definition) is 0. The molecule has 0 radical (unpaired) electrons. The SMILES string of the molecule is O=c1oc2ccccc2cc1C1=NO[C@H](c2ccccc2Cl)C1. The fourth-order valence-corrected chi connectivity index (χ4v) is 2.96. The van der Waals surface area contributed by atoms with Gasteiger partial charge in [-0.15, -0.1) is 0 Å². The first-order chi connectivity index (χ1) is 11.2. The predicted molar refractivity (Wildman–Crippen MR) is 88.9 cm³/mol. The van der Waals surface area contributed by atoms with Crippen molar-refractivity contribution in [2.45, 2.75) is 12.5 Å². The lowest BCUT2D eigenvalue weighted by Crippen LogP contribution is -2.13. The normalized spacial score (nSPS) is 17.1. The van der Waals surface area contributed by atoms with Gasteiger partial charge in [-0.05, 0) is 18.2 Å². The molecule has 23 heavy (non-hydrogen) atoms. The van der Waals surface area contributed by atoms with Gasteiger partial charge in [-0.2, -0.15) is 0 Å². The van der Waals surface area contributed by atoms with E-state index in [-0.39, 0.29) is 6.10 Å². The second kappa shape index (κ2) is 5.56. The van der Waals surface area contributed by atoms with Crippen molar-refractivity contribution in [1.29, 1.82) is 0 Å². The standard InChI is InChI=1S/C18H12ClNO3/c19-14-7-3-2-6-12(14)17-10-15(20-23-17)13-9-11-5-1-4-8-16(11)22-18(13)21/h1-9,17H,10H2/t17-/m0/s1. The Bertz CT molecular complexity index is 977. The number of fused-ring (bicyclic) bond motifs is 1. The Morgan fingerprint density at radius 2 is 1.87 bits per heavy atom. The van der Waals surface area contributed by atoms with Crippen molar-refractivity contribution in [3.05, 3.63) is 81.2 Å². The molecule has 3 aromatic rings. The summed E-state index contributed by atoms with van der Waals surface area (Å²) in [5, 5.41) is 5.55. The molecule has 114 valence electrons. The largest absolute Gasteiger partial charge is 0.422 e. The summed E-state index contributed by atoms with van der Waals surface area (Å²) in [6, 6.07) is 16.6. The lowest BCUT2D eigenvalue weighted by molar-refractivity contribution is 0.0858. The van der Waals surface area contributed by atoms with E-state index < -0.39 is 5.63 Å². The Hall–Kier alpha value is -2.59. The molecule has 0 fully saturated rings. The first-order valence-corrected chi connectivity index (χ1v) is 7.60. The molecule has 1 aromatic heterocycles. The molecule has 5 heteroatoms. The molecule has 1 aliphatic rings. The Kier molecular flexibility index (Phi) is 3.39. The van der Waals surface area contributed by atoms with Crippen LogP contribution in [-0.2, 0) is 4.84 Å². The van der Waals surface area contributed by atoms with Crippen LogP contribution in [0.3, 0.4) is 0 Å². The van der Waals surface area contributed by atoms with Gasteiger partial charge in [-0.25, -0.2) is 4.79 Å². The molecule has 0 N–H and O–H groups in total. The van der Waals surface area contributed by atoms with Crippen LogP contribution in [0.1, 0.15) is 23.7 Å². The fraction of sp³-hybridized carbons (Fsp3) is 0.111. The summed E-state index contributed by atoms with van der Waals surface area (Å²) in [7, 11) is 0. The zero-order chi connectivity index (χ0) is 15.8. The molecule has 2 aromatic carbocycles. The molecule has 0 aliphatic carbocycles. The zero-order valence-electron chi connectivity index (χ0n) is 12.0. The first kappa shape index (κ1) is 14.0. The number of rotatable bonds is 2. The van der Waals surface area contributed by atoms with Crippen LogP contribution in [0, 0.1) is 0 Å². The number of hydrogen-bond acceptors (Lipinski definition) is 4. The molecular weight excluding hydrogens is 314 g/mol. The second-order valence-corrected chi connectivity index (χ2v) is 5.75.